The fourth-order valence-corrected chi connectivity index (χ4v) is 3.71. The van der Waals surface area contributed by atoms with Gasteiger partial charge in [-0.15, -0.1) is 0 Å². The number of hydrogen-bond acceptors (Lipinski definition) is 2. The van der Waals surface area contributed by atoms with Gasteiger partial charge < -0.3 is 5.32 Å². The van der Waals surface area contributed by atoms with Crippen LogP contribution in [-0.4, -0.2) is 18.1 Å². The van der Waals surface area contributed by atoms with Crippen molar-refractivity contribution in [2.24, 2.45) is 5.92 Å². The van der Waals surface area contributed by atoms with Gasteiger partial charge in [0.05, 0.1) is 0 Å². The SMILES string of the molecule is Clc1ccc(CNCC2CCSCC2)c(Cl)c1. The minimum Gasteiger partial charge on any atom is -0.312 e. The van der Waals surface area contributed by atoms with Gasteiger partial charge in [-0.25, -0.2) is 0 Å². The molecule has 0 saturated carbocycles. The first-order valence-electron chi connectivity index (χ1n) is 5.98. The van der Waals surface area contributed by atoms with E-state index in [1.807, 2.05) is 12.1 Å². The van der Waals surface area contributed by atoms with Gasteiger partial charge >= 0.3 is 0 Å². The summed E-state index contributed by atoms with van der Waals surface area (Å²) in [4.78, 5) is 0. The summed E-state index contributed by atoms with van der Waals surface area (Å²) >= 11 is 14.1. The second-order valence-electron chi connectivity index (χ2n) is 4.42. The van der Waals surface area contributed by atoms with E-state index >= 15 is 0 Å². The Balaban J connectivity index is 1.77. The standard InChI is InChI=1S/C13H17Cl2NS/c14-12-2-1-11(13(15)7-12)9-16-8-10-3-5-17-6-4-10/h1-2,7,10,16H,3-6,8-9H2. The lowest BCUT2D eigenvalue weighted by Crippen LogP contribution is -2.25. The predicted octanol–water partition coefficient (Wildman–Crippen LogP) is 4.23. The highest BCUT2D eigenvalue weighted by atomic mass is 35.5. The van der Waals surface area contributed by atoms with Crippen LogP contribution in [0.1, 0.15) is 18.4 Å². The summed E-state index contributed by atoms with van der Waals surface area (Å²) < 4.78 is 0. The van der Waals surface area contributed by atoms with Gasteiger partial charge in [0, 0.05) is 16.6 Å². The molecule has 2 rings (SSSR count). The Morgan fingerprint density at radius 2 is 2.00 bits per heavy atom. The van der Waals surface area contributed by atoms with Gasteiger partial charge in [-0.05, 0) is 54.5 Å². The van der Waals surface area contributed by atoms with Crippen LogP contribution < -0.4 is 5.32 Å². The highest BCUT2D eigenvalue weighted by Gasteiger charge is 2.13. The van der Waals surface area contributed by atoms with Gasteiger partial charge in [-0.3, -0.25) is 0 Å². The molecule has 1 saturated heterocycles. The molecule has 1 N–H and O–H groups in total. The summed E-state index contributed by atoms with van der Waals surface area (Å²) in [6.45, 7) is 1.93. The van der Waals surface area contributed by atoms with Crippen LogP contribution in [0.25, 0.3) is 0 Å². The van der Waals surface area contributed by atoms with Crippen molar-refractivity contribution in [3.63, 3.8) is 0 Å². The van der Waals surface area contributed by atoms with E-state index in [0.717, 1.165) is 29.6 Å². The first kappa shape index (κ1) is 13.5. The fourth-order valence-electron chi connectivity index (χ4n) is 2.03. The first-order chi connectivity index (χ1) is 8.25. The summed E-state index contributed by atoms with van der Waals surface area (Å²) in [5.41, 5.74) is 1.13. The smallest absolute Gasteiger partial charge is 0.0465 e. The fraction of sp³-hybridized carbons (Fsp3) is 0.538. The molecule has 1 nitrogen and oxygen atoms in total. The van der Waals surface area contributed by atoms with Crippen LogP contribution in [0.5, 0.6) is 0 Å². The van der Waals surface area contributed by atoms with Gasteiger partial charge in [0.2, 0.25) is 0 Å². The Hall–Kier alpha value is 0.110. The van der Waals surface area contributed by atoms with Crippen molar-refractivity contribution in [1.29, 1.82) is 0 Å². The molecule has 94 valence electrons. The van der Waals surface area contributed by atoms with Gasteiger partial charge in [0.1, 0.15) is 0 Å². The molecule has 4 heteroatoms. The van der Waals surface area contributed by atoms with Crippen LogP contribution in [-0.2, 0) is 6.54 Å². The molecule has 1 heterocycles. The van der Waals surface area contributed by atoms with Crippen LogP contribution in [0.4, 0.5) is 0 Å². The molecule has 1 fully saturated rings. The van der Waals surface area contributed by atoms with E-state index < -0.39 is 0 Å². The van der Waals surface area contributed by atoms with Crippen molar-refractivity contribution in [1.82, 2.24) is 5.32 Å². The Kier molecular flexibility index (Phi) is 5.49. The summed E-state index contributed by atoms with van der Waals surface area (Å²) in [6.07, 6.45) is 2.68. The lowest BCUT2D eigenvalue weighted by molar-refractivity contribution is 0.448. The van der Waals surface area contributed by atoms with Crippen LogP contribution in [0.3, 0.4) is 0 Å². The lowest BCUT2D eigenvalue weighted by Gasteiger charge is -2.21. The Morgan fingerprint density at radius 1 is 1.24 bits per heavy atom. The molecule has 17 heavy (non-hydrogen) atoms. The van der Waals surface area contributed by atoms with Crippen molar-refractivity contribution in [3.05, 3.63) is 33.8 Å². The molecular formula is C13H17Cl2NS. The minimum absolute atomic E-state index is 0.697. The molecule has 0 atom stereocenters. The second-order valence-corrected chi connectivity index (χ2v) is 6.49. The van der Waals surface area contributed by atoms with Gasteiger partial charge in [0.15, 0.2) is 0 Å². The molecule has 1 aliphatic rings. The maximum Gasteiger partial charge on any atom is 0.0465 e. The highest BCUT2D eigenvalue weighted by Crippen LogP contribution is 2.23. The van der Waals surface area contributed by atoms with Crippen molar-refractivity contribution < 1.29 is 0 Å². The van der Waals surface area contributed by atoms with Crippen LogP contribution >= 0.6 is 35.0 Å². The first-order valence-corrected chi connectivity index (χ1v) is 7.89. The molecule has 0 bridgehead atoms. The second kappa shape index (κ2) is 6.89. The van der Waals surface area contributed by atoms with Crippen molar-refractivity contribution in [2.45, 2.75) is 19.4 Å². The molecule has 0 aromatic heterocycles. The molecule has 0 amide bonds. The Bertz CT molecular complexity index is 364. The molecule has 0 spiro atoms. The normalized spacial score (nSPS) is 17.3. The van der Waals surface area contributed by atoms with Gasteiger partial charge in [0.25, 0.3) is 0 Å². The van der Waals surface area contributed by atoms with Gasteiger partial charge in [-0.2, -0.15) is 11.8 Å². The van der Waals surface area contributed by atoms with Crippen molar-refractivity contribution in [2.75, 3.05) is 18.1 Å². The maximum atomic E-state index is 6.12. The zero-order valence-electron chi connectivity index (χ0n) is 9.72. The Morgan fingerprint density at radius 3 is 2.71 bits per heavy atom. The summed E-state index contributed by atoms with van der Waals surface area (Å²) in [6, 6.07) is 5.69. The maximum absolute atomic E-state index is 6.12. The van der Waals surface area contributed by atoms with Gasteiger partial charge in [-0.1, -0.05) is 29.3 Å². The van der Waals surface area contributed by atoms with Crippen LogP contribution in [0.15, 0.2) is 18.2 Å². The largest absolute Gasteiger partial charge is 0.312 e. The average molecular weight is 290 g/mol. The topological polar surface area (TPSA) is 12.0 Å². The third-order valence-electron chi connectivity index (χ3n) is 3.10. The molecule has 0 radical (unpaired) electrons. The van der Waals surface area contributed by atoms with E-state index in [2.05, 4.69) is 17.1 Å². The molecule has 0 unspecified atom stereocenters. The summed E-state index contributed by atoms with van der Waals surface area (Å²) in [5.74, 6) is 3.46. The third-order valence-corrected chi connectivity index (χ3v) is 4.74. The zero-order valence-corrected chi connectivity index (χ0v) is 12.0. The predicted molar refractivity (Wildman–Crippen MR) is 78.2 cm³/mol. The average Bonchev–Trinajstić information content (AvgIpc) is 2.33. The Labute approximate surface area is 117 Å². The van der Waals surface area contributed by atoms with Crippen LogP contribution in [0.2, 0.25) is 10.0 Å². The van der Waals surface area contributed by atoms with E-state index in [4.69, 9.17) is 23.2 Å². The minimum atomic E-state index is 0.697. The van der Waals surface area contributed by atoms with E-state index in [-0.39, 0.29) is 0 Å². The van der Waals surface area contributed by atoms with Crippen molar-refractivity contribution in [3.8, 4) is 0 Å². The van der Waals surface area contributed by atoms with E-state index in [1.165, 1.54) is 24.3 Å². The summed E-state index contributed by atoms with van der Waals surface area (Å²) in [5, 5.41) is 4.95. The summed E-state index contributed by atoms with van der Waals surface area (Å²) in [7, 11) is 0. The molecular weight excluding hydrogens is 273 g/mol. The number of nitrogens with one attached hydrogen (secondary N) is 1. The number of hydrogen-bond donors (Lipinski definition) is 1. The van der Waals surface area contributed by atoms with Crippen molar-refractivity contribution >= 4 is 35.0 Å². The highest BCUT2D eigenvalue weighted by molar-refractivity contribution is 7.99. The molecule has 1 aliphatic heterocycles. The quantitative estimate of drug-likeness (QED) is 0.890. The molecule has 0 aliphatic carbocycles. The molecule has 1 aromatic rings. The zero-order chi connectivity index (χ0) is 12.1. The number of thioether (sulfide) groups is 1. The lowest BCUT2D eigenvalue weighted by atomic mass is 10.0. The number of rotatable bonds is 4. The monoisotopic (exact) mass is 289 g/mol. The molecule has 1 aromatic carbocycles. The third kappa shape index (κ3) is 4.36. The van der Waals surface area contributed by atoms with E-state index in [9.17, 15) is 0 Å². The van der Waals surface area contributed by atoms with Crippen LogP contribution in [0, 0.1) is 5.92 Å². The van der Waals surface area contributed by atoms with E-state index in [0.29, 0.717) is 5.02 Å². The number of halogens is 2. The van der Waals surface area contributed by atoms with E-state index in [1.54, 1.807) is 6.07 Å². The number of benzene rings is 1.